The minimum absolute atomic E-state index is 0.0418. The molecule has 208 valence electrons. The number of aryl methyl sites for hydroxylation is 1. The van der Waals surface area contributed by atoms with Crippen LogP contribution in [0.1, 0.15) is 43.2 Å². The zero-order chi connectivity index (χ0) is 27.4. The van der Waals surface area contributed by atoms with E-state index in [9.17, 15) is 4.79 Å². The molecule has 2 aromatic heterocycles. The quantitative estimate of drug-likeness (QED) is 0.433. The van der Waals surface area contributed by atoms with Crippen molar-refractivity contribution in [2.45, 2.75) is 63.1 Å². The summed E-state index contributed by atoms with van der Waals surface area (Å²) in [5, 5.41) is 0.663. The third-order valence-electron chi connectivity index (χ3n) is 9.40. The van der Waals surface area contributed by atoms with Crippen LogP contribution in [0, 0.1) is 5.82 Å². The maximum Gasteiger partial charge on any atom is 0.319 e. The highest BCUT2D eigenvalue weighted by atomic mass is 19.1. The fourth-order valence-corrected chi connectivity index (χ4v) is 7.11. The minimum Gasteiger partial charge on any atom is -0.462 e. The monoisotopic (exact) mass is 542 g/mol. The number of carbonyl (C=O) groups is 1. The second-order valence-electron chi connectivity index (χ2n) is 11.6. The second-order valence-corrected chi connectivity index (χ2v) is 11.6. The molecule has 8 nitrogen and oxygen atoms in total. The van der Waals surface area contributed by atoms with Gasteiger partial charge in [-0.2, -0.15) is 9.97 Å². The van der Waals surface area contributed by atoms with Gasteiger partial charge < -0.3 is 19.4 Å². The van der Waals surface area contributed by atoms with Crippen LogP contribution in [-0.4, -0.2) is 82.1 Å². The van der Waals surface area contributed by atoms with E-state index in [1.54, 1.807) is 12.3 Å². The zero-order valence-corrected chi connectivity index (χ0v) is 23.0. The van der Waals surface area contributed by atoms with Gasteiger partial charge >= 0.3 is 6.01 Å². The molecule has 0 N–H and O–H groups in total. The van der Waals surface area contributed by atoms with Gasteiger partial charge in [0.15, 0.2) is 0 Å². The maximum atomic E-state index is 15.9. The third kappa shape index (κ3) is 4.22. The molecule has 1 amide bonds. The number of likely N-dealkylation sites (tertiary alicyclic amines) is 2. The Hall–Kier alpha value is -3.59. The lowest BCUT2D eigenvalue weighted by Gasteiger charge is -2.47. The lowest BCUT2D eigenvalue weighted by atomic mass is 9.87. The Morgan fingerprint density at radius 3 is 2.80 bits per heavy atom. The number of hydrogen-bond donors (Lipinski definition) is 0. The summed E-state index contributed by atoms with van der Waals surface area (Å²) in [7, 11) is 2.12. The smallest absolute Gasteiger partial charge is 0.319 e. The largest absolute Gasteiger partial charge is 0.462 e. The summed E-state index contributed by atoms with van der Waals surface area (Å²) >= 11 is 0. The molecule has 3 saturated heterocycles. The molecule has 0 spiro atoms. The van der Waals surface area contributed by atoms with Crippen LogP contribution in [0.3, 0.4) is 0 Å². The minimum atomic E-state index is -0.300. The summed E-state index contributed by atoms with van der Waals surface area (Å²) in [5.74, 6) is 0.332. The van der Waals surface area contributed by atoms with Gasteiger partial charge in [0.2, 0.25) is 5.91 Å². The highest BCUT2D eigenvalue weighted by Crippen LogP contribution is 2.41. The van der Waals surface area contributed by atoms with Gasteiger partial charge in [0, 0.05) is 48.0 Å². The topological polar surface area (TPSA) is 74.7 Å². The molecule has 3 fully saturated rings. The Morgan fingerprint density at radius 2 is 1.98 bits per heavy atom. The van der Waals surface area contributed by atoms with E-state index in [-0.39, 0.29) is 23.8 Å². The predicted molar refractivity (Wildman–Crippen MR) is 152 cm³/mol. The van der Waals surface area contributed by atoms with Crippen molar-refractivity contribution in [2.24, 2.45) is 0 Å². The highest BCUT2D eigenvalue weighted by molar-refractivity contribution is 5.94. The number of hydrogen-bond acceptors (Lipinski definition) is 7. The van der Waals surface area contributed by atoms with Crippen LogP contribution in [0.4, 0.5) is 10.2 Å². The standard InChI is InChI=1S/C31H35FN6O2/c1-3-29(39)37-12-10-27-28(37)17-38(27)30-23-13-25(32)22(24-16-33-15-19-7-4-5-9-21(19)24)14-26(23)34-31(35-30)40-18-20-8-6-11-36(20)2/h3,13-16,20,27-28H,1,4-12,17-18H2,2H3/t20-,27+,28+/m0/s1. The molecule has 3 aliphatic heterocycles. The van der Waals surface area contributed by atoms with Gasteiger partial charge in [-0.3, -0.25) is 9.78 Å². The zero-order valence-electron chi connectivity index (χ0n) is 23.0. The molecule has 9 heteroatoms. The van der Waals surface area contributed by atoms with Gasteiger partial charge in [-0.05, 0) is 87.9 Å². The number of benzene rings is 1. The highest BCUT2D eigenvalue weighted by Gasteiger charge is 2.49. The fourth-order valence-electron chi connectivity index (χ4n) is 7.11. The molecule has 0 unspecified atom stereocenters. The summed E-state index contributed by atoms with van der Waals surface area (Å²) < 4.78 is 22.1. The van der Waals surface area contributed by atoms with E-state index in [1.807, 2.05) is 17.2 Å². The van der Waals surface area contributed by atoms with Crippen molar-refractivity contribution in [3.05, 3.63) is 54.1 Å². The number of halogens is 1. The molecule has 0 saturated carbocycles. The van der Waals surface area contributed by atoms with Gasteiger partial charge in [0.1, 0.15) is 18.2 Å². The Bertz CT molecular complexity index is 1490. The third-order valence-corrected chi connectivity index (χ3v) is 9.40. The van der Waals surface area contributed by atoms with Gasteiger partial charge in [0.05, 0.1) is 17.6 Å². The molecule has 5 heterocycles. The molecule has 4 aliphatic rings. The van der Waals surface area contributed by atoms with Crippen LogP contribution in [0.5, 0.6) is 6.01 Å². The van der Waals surface area contributed by atoms with E-state index in [4.69, 9.17) is 14.7 Å². The fraction of sp³-hybridized carbons (Fsp3) is 0.484. The average molecular weight is 543 g/mol. The first-order chi connectivity index (χ1) is 19.5. The van der Waals surface area contributed by atoms with Crippen LogP contribution in [0.2, 0.25) is 0 Å². The molecule has 7 rings (SSSR count). The van der Waals surface area contributed by atoms with Crippen molar-refractivity contribution in [2.75, 3.05) is 38.2 Å². The number of pyridine rings is 1. The first-order valence-corrected chi connectivity index (χ1v) is 14.5. The van der Waals surface area contributed by atoms with Crippen molar-refractivity contribution in [1.29, 1.82) is 0 Å². The lowest BCUT2D eigenvalue weighted by Crippen LogP contribution is -2.63. The Labute approximate surface area is 233 Å². The Balaban J connectivity index is 1.29. The number of anilines is 1. The molecule has 0 radical (unpaired) electrons. The van der Waals surface area contributed by atoms with Crippen LogP contribution < -0.4 is 9.64 Å². The van der Waals surface area contributed by atoms with Gasteiger partial charge in [0.25, 0.3) is 0 Å². The molecular formula is C31H35FN6O2. The van der Waals surface area contributed by atoms with Gasteiger partial charge in [-0.15, -0.1) is 0 Å². The first kappa shape index (κ1) is 25.4. The molecule has 1 aliphatic carbocycles. The molecule has 3 atom stereocenters. The van der Waals surface area contributed by atoms with Gasteiger partial charge in [-0.1, -0.05) is 6.58 Å². The van der Waals surface area contributed by atoms with E-state index in [1.165, 1.54) is 17.2 Å². The molecule has 40 heavy (non-hydrogen) atoms. The van der Waals surface area contributed by atoms with Gasteiger partial charge in [-0.25, -0.2) is 4.39 Å². The normalized spacial score (nSPS) is 24.1. The van der Waals surface area contributed by atoms with E-state index >= 15 is 4.39 Å². The number of amides is 1. The van der Waals surface area contributed by atoms with Crippen molar-refractivity contribution < 1.29 is 13.9 Å². The van der Waals surface area contributed by atoms with E-state index < -0.39 is 0 Å². The number of fused-ring (bicyclic) bond motifs is 3. The Morgan fingerprint density at radius 1 is 1.10 bits per heavy atom. The number of rotatable bonds is 6. The van der Waals surface area contributed by atoms with Crippen molar-refractivity contribution in [3.8, 4) is 17.1 Å². The summed E-state index contributed by atoms with van der Waals surface area (Å²) in [4.78, 5) is 32.8. The molecule has 1 aromatic carbocycles. The maximum absolute atomic E-state index is 15.9. The van der Waals surface area contributed by atoms with Crippen molar-refractivity contribution >= 4 is 22.6 Å². The SMILES string of the molecule is C=CC(=O)N1CC[C@@H]2[C@H]1CN2c1nc(OC[C@@H]2CCCN2C)nc2cc(-c3cncc4c3CCCC4)c(F)cc12. The summed E-state index contributed by atoms with van der Waals surface area (Å²) in [6.45, 7) is 6.55. The number of nitrogens with zero attached hydrogens (tertiary/aromatic N) is 6. The first-order valence-electron chi connectivity index (χ1n) is 14.5. The van der Waals surface area contributed by atoms with E-state index in [0.29, 0.717) is 54.0 Å². The van der Waals surface area contributed by atoms with Crippen LogP contribution >= 0.6 is 0 Å². The van der Waals surface area contributed by atoms with Crippen LogP contribution in [-0.2, 0) is 17.6 Å². The van der Waals surface area contributed by atoms with E-state index in [2.05, 4.69) is 28.4 Å². The number of ether oxygens (including phenoxy) is 1. The summed E-state index contributed by atoms with van der Waals surface area (Å²) in [6.07, 6.45) is 12.3. The molecule has 3 aromatic rings. The van der Waals surface area contributed by atoms with Crippen molar-refractivity contribution in [1.82, 2.24) is 24.8 Å². The van der Waals surface area contributed by atoms with Crippen LogP contribution in [0.15, 0.2) is 37.2 Å². The van der Waals surface area contributed by atoms with Crippen molar-refractivity contribution in [3.63, 3.8) is 0 Å². The predicted octanol–water partition coefficient (Wildman–Crippen LogP) is 4.16. The number of likely N-dealkylation sites (N-methyl/N-ethyl adjacent to an activating group) is 1. The molecular weight excluding hydrogens is 507 g/mol. The summed E-state index contributed by atoms with van der Waals surface area (Å²) in [5.41, 5.74) is 4.44. The average Bonchev–Trinajstić information content (AvgIpc) is 3.53. The summed E-state index contributed by atoms with van der Waals surface area (Å²) in [6, 6.07) is 4.30. The number of carbonyl (C=O) groups excluding carboxylic acids is 1. The van der Waals surface area contributed by atoms with E-state index in [0.717, 1.165) is 57.1 Å². The Kier molecular flexibility index (Phi) is 6.41. The number of aromatic nitrogens is 3. The second kappa shape index (κ2) is 10.1. The molecule has 0 bridgehead atoms. The van der Waals surface area contributed by atoms with Crippen LogP contribution in [0.25, 0.3) is 22.0 Å². The lowest BCUT2D eigenvalue weighted by molar-refractivity contribution is -0.127.